The summed E-state index contributed by atoms with van der Waals surface area (Å²) >= 11 is 0. The second-order valence-electron chi connectivity index (χ2n) is 5.05. The van der Waals surface area contributed by atoms with Crippen LogP contribution in [0.5, 0.6) is 0 Å². The Balaban J connectivity index is 2.20. The third-order valence-electron chi connectivity index (χ3n) is 3.19. The zero-order chi connectivity index (χ0) is 15.8. The minimum absolute atomic E-state index is 0.121. The van der Waals surface area contributed by atoms with Crippen LogP contribution in [0.15, 0.2) is 59.3 Å². The van der Waals surface area contributed by atoms with Gasteiger partial charge in [0.25, 0.3) is 0 Å². The molecule has 2 heterocycles. The number of rotatable bonds is 6. The molecule has 0 fully saturated rings. The lowest BCUT2D eigenvalue weighted by atomic mass is 10.2. The number of hydrogen-bond acceptors (Lipinski definition) is 3. The summed E-state index contributed by atoms with van der Waals surface area (Å²) in [4.78, 5) is 18.3. The van der Waals surface area contributed by atoms with Crippen molar-refractivity contribution in [1.82, 2.24) is 9.97 Å². The largest absolute Gasteiger partial charge is 0.356 e. The third-order valence-corrected chi connectivity index (χ3v) is 3.19. The van der Waals surface area contributed by atoms with Crippen molar-refractivity contribution < 1.29 is 0 Å². The van der Waals surface area contributed by atoms with Crippen LogP contribution in [-0.2, 0) is 0 Å². The first-order valence-electron chi connectivity index (χ1n) is 7.44. The van der Waals surface area contributed by atoms with Gasteiger partial charge in [-0.15, -0.1) is 0 Å². The molecule has 114 valence electrons. The van der Waals surface area contributed by atoms with Gasteiger partial charge in [0.2, 0.25) is 5.56 Å². The smallest absolute Gasteiger partial charge is 0.249 e. The molecule has 2 N–H and O–H groups in total. The average Bonchev–Trinajstić information content (AvgIpc) is 2.51. The number of hydrogen-bond donors (Lipinski definition) is 2. The van der Waals surface area contributed by atoms with Crippen molar-refractivity contribution in [2.24, 2.45) is 0 Å². The van der Waals surface area contributed by atoms with E-state index in [2.05, 4.69) is 28.3 Å². The van der Waals surface area contributed by atoms with E-state index in [1.54, 1.807) is 18.5 Å². The molecule has 0 atom stereocenters. The van der Waals surface area contributed by atoms with E-state index in [0.717, 1.165) is 35.5 Å². The lowest BCUT2D eigenvalue weighted by Gasteiger charge is -2.07. The average molecular weight is 295 g/mol. The molecule has 2 rings (SSSR count). The Hall–Kier alpha value is -2.62. The van der Waals surface area contributed by atoms with Gasteiger partial charge >= 0.3 is 0 Å². The molecule has 0 bridgehead atoms. The lowest BCUT2D eigenvalue weighted by Crippen LogP contribution is -2.06. The van der Waals surface area contributed by atoms with Crippen LogP contribution in [0.2, 0.25) is 0 Å². The van der Waals surface area contributed by atoms with E-state index in [1.165, 1.54) is 0 Å². The van der Waals surface area contributed by atoms with Crippen molar-refractivity contribution in [1.29, 1.82) is 0 Å². The van der Waals surface area contributed by atoms with Gasteiger partial charge in [-0.2, -0.15) is 0 Å². The second kappa shape index (κ2) is 7.98. The minimum atomic E-state index is -0.121. The first-order chi connectivity index (χ1) is 10.7. The maximum absolute atomic E-state index is 11.4. The maximum atomic E-state index is 11.4. The molecule has 0 aliphatic rings. The quantitative estimate of drug-likeness (QED) is 0.795. The molecule has 0 amide bonds. The molecule has 0 spiro atoms. The summed E-state index contributed by atoms with van der Waals surface area (Å²) in [5, 5.41) is 3.27. The number of allylic oxidation sites excluding steroid dienone is 2. The monoisotopic (exact) mass is 295 g/mol. The zero-order valence-corrected chi connectivity index (χ0v) is 13.0. The fraction of sp³-hybridized carbons (Fsp3) is 0.222. The van der Waals surface area contributed by atoms with Crippen LogP contribution in [0.3, 0.4) is 0 Å². The Labute approximate surface area is 130 Å². The van der Waals surface area contributed by atoms with Gasteiger partial charge < -0.3 is 10.3 Å². The molecular formula is C18H21N3O. The number of aryl methyl sites for hydroxylation is 1. The minimum Gasteiger partial charge on any atom is -0.356 e. The Kier molecular flexibility index (Phi) is 5.72. The van der Waals surface area contributed by atoms with Crippen LogP contribution in [0.1, 0.15) is 31.0 Å². The number of aromatic nitrogens is 2. The molecule has 0 unspecified atom stereocenters. The topological polar surface area (TPSA) is 57.8 Å². The van der Waals surface area contributed by atoms with Crippen LogP contribution >= 0.6 is 0 Å². The number of anilines is 1. The summed E-state index contributed by atoms with van der Waals surface area (Å²) in [6, 6.07) is 7.34. The van der Waals surface area contributed by atoms with Crippen molar-refractivity contribution in [3.63, 3.8) is 0 Å². The van der Waals surface area contributed by atoms with E-state index in [-0.39, 0.29) is 5.56 Å². The van der Waals surface area contributed by atoms with Gasteiger partial charge in [-0.25, -0.2) is 0 Å². The normalized spacial score (nSPS) is 11.8. The Morgan fingerprint density at radius 2 is 2.27 bits per heavy atom. The molecule has 2 aromatic heterocycles. The highest BCUT2D eigenvalue weighted by Gasteiger charge is 1.98. The fourth-order valence-electron chi connectivity index (χ4n) is 1.99. The van der Waals surface area contributed by atoms with Gasteiger partial charge in [-0.1, -0.05) is 25.5 Å². The van der Waals surface area contributed by atoms with E-state index < -0.39 is 0 Å². The molecule has 4 nitrogen and oxygen atoms in total. The predicted octanol–water partition coefficient (Wildman–Crippen LogP) is 3.89. The first kappa shape index (κ1) is 15.8. The Morgan fingerprint density at radius 1 is 1.41 bits per heavy atom. The number of unbranched alkanes of at least 4 members (excludes halogenated alkanes) is 1. The first-order valence-corrected chi connectivity index (χ1v) is 7.44. The fourth-order valence-corrected chi connectivity index (χ4v) is 1.99. The summed E-state index contributed by atoms with van der Waals surface area (Å²) < 4.78 is 0. The van der Waals surface area contributed by atoms with E-state index in [1.807, 2.05) is 37.3 Å². The number of H-pyrrole nitrogens is 1. The van der Waals surface area contributed by atoms with E-state index in [4.69, 9.17) is 0 Å². The summed E-state index contributed by atoms with van der Waals surface area (Å²) in [7, 11) is 0. The number of pyridine rings is 2. The molecule has 22 heavy (non-hydrogen) atoms. The number of aromatic amines is 1. The Morgan fingerprint density at radius 3 is 3.00 bits per heavy atom. The second-order valence-corrected chi connectivity index (χ2v) is 5.05. The van der Waals surface area contributed by atoms with Crippen molar-refractivity contribution in [3.05, 3.63) is 76.1 Å². The van der Waals surface area contributed by atoms with Crippen molar-refractivity contribution in [3.8, 4) is 0 Å². The van der Waals surface area contributed by atoms with Crippen molar-refractivity contribution in [2.75, 3.05) is 5.32 Å². The SMILES string of the molecule is CCC/C=C(/C=C\c1ncccc1C)Nc1cc[nH]c(=O)c1. The standard InChI is InChI=1S/C18H21N3O/c1-3-4-7-15(21-16-10-12-20-18(22)13-16)8-9-17-14(2)6-5-11-19-17/h5-13H,3-4H2,1-2H3,(H2,20,21,22)/b9-8-,15-7-. The molecule has 0 radical (unpaired) electrons. The molecule has 0 aliphatic carbocycles. The van der Waals surface area contributed by atoms with Crippen LogP contribution in [-0.4, -0.2) is 9.97 Å². The van der Waals surface area contributed by atoms with Crippen LogP contribution < -0.4 is 10.9 Å². The lowest BCUT2D eigenvalue weighted by molar-refractivity contribution is 0.953. The molecule has 2 aromatic rings. The molecule has 4 heteroatoms. The van der Waals surface area contributed by atoms with Gasteiger partial charge in [0.05, 0.1) is 5.69 Å². The summed E-state index contributed by atoms with van der Waals surface area (Å²) in [5.74, 6) is 0. The van der Waals surface area contributed by atoms with Crippen LogP contribution in [0.25, 0.3) is 6.08 Å². The van der Waals surface area contributed by atoms with Gasteiger partial charge in [0.1, 0.15) is 0 Å². The maximum Gasteiger partial charge on any atom is 0.249 e. The highest BCUT2D eigenvalue weighted by molar-refractivity contribution is 5.57. The van der Waals surface area contributed by atoms with Gasteiger partial charge in [0, 0.05) is 29.8 Å². The van der Waals surface area contributed by atoms with Crippen molar-refractivity contribution >= 4 is 11.8 Å². The molecule has 0 aliphatic heterocycles. The number of nitrogens with one attached hydrogen (secondary N) is 2. The van der Waals surface area contributed by atoms with Crippen molar-refractivity contribution in [2.45, 2.75) is 26.7 Å². The van der Waals surface area contributed by atoms with Crippen LogP contribution in [0, 0.1) is 6.92 Å². The summed E-state index contributed by atoms with van der Waals surface area (Å²) in [6.45, 7) is 4.17. The highest BCUT2D eigenvalue weighted by Crippen LogP contribution is 2.12. The molecule has 0 saturated heterocycles. The summed E-state index contributed by atoms with van der Waals surface area (Å²) in [6.07, 6.45) is 11.5. The third kappa shape index (κ3) is 4.74. The van der Waals surface area contributed by atoms with Gasteiger partial charge in [-0.3, -0.25) is 9.78 Å². The Bertz CT molecular complexity index is 729. The van der Waals surface area contributed by atoms with E-state index >= 15 is 0 Å². The summed E-state index contributed by atoms with van der Waals surface area (Å²) in [5.41, 5.74) is 3.68. The highest BCUT2D eigenvalue weighted by atomic mass is 16.1. The zero-order valence-electron chi connectivity index (χ0n) is 13.0. The van der Waals surface area contributed by atoms with E-state index in [0.29, 0.717) is 0 Å². The van der Waals surface area contributed by atoms with Crippen LogP contribution in [0.4, 0.5) is 5.69 Å². The number of nitrogens with zero attached hydrogens (tertiary/aromatic N) is 1. The molecule has 0 saturated carbocycles. The van der Waals surface area contributed by atoms with E-state index in [9.17, 15) is 4.79 Å². The molecular weight excluding hydrogens is 274 g/mol. The predicted molar refractivity (Wildman–Crippen MR) is 91.7 cm³/mol. The van der Waals surface area contributed by atoms with Gasteiger partial charge in [-0.05, 0) is 43.2 Å². The van der Waals surface area contributed by atoms with Gasteiger partial charge in [0.15, 0.2) is 0 Å². The molecule has 0 aromatic carbocycles.